The molecule has 2 rings (SSSR count). The van der Waals surface area contributed by atoms with E-state index in [1.807, 2.05) is 18.2 Å². The van der Waals surface area contributed by atoms with Crippen LogP contribution in [0.1, 0.15) is 11.1 Å². The van der Waals surface area contributed by atoms with Crippen molar-refractivity contribution in [3.63, 3.8) is 0 Å². The van der Waals surface area contributed by atoms with Gasteiger partial charge in [-0.15, -0.1) is 0 Å². The lowest BCUT2D eigenvalue weighted by Gasteiger charge is -2.15. The summed E-state index contributed by atoms with van der Waals surface area (Å²) in [5, 5.41) is 14.1. The quantitative estimate of drug-likeness (QED) is 0.539. The van der Waals surface area contributed by atoms with Crippen LogP contribution in [-0.2, 0) is 13.1 Å². The van der Waals surface area contributed by atoms with Crippen LogP contribution in [0.25, 0.3) is 0 Å². The van der Waals surface area contributed by atoms with Gasteiger partial charge in [-0.3, -0.25) is 10.1 Å². The second-order valence-corrected chi connectivity index (χ2v) is 5.20. The summed E-state index contributed by atoms with van der Waals surface area (Å²) in [7, 11) is 2.72. The van der Waals surface area contributed by atoms with Crippen molar-refractivity contribution in [2.75, 3.05) is 14.2 Å². The first kappa shape index (κ1) is 19.4. The van der Waals surface area contributed by atoms with E-state index in [1.54, 1.807) is 13.2 Å². The number of ether oxygens (including phenoxy) is 3. The molecule has 0 aliphatic rings. The van der Waals surface area contributed by atoms with Gasteiger partial charge in [0.15, 0.2) is 5.75 Å². The van der Waals surface area contributed by atoms with Crippen LogP contribution in [0.2, 0.25) is 0 Å². The van der Waals surface area contributed by atoms with Crippen molar-refractivity contribution in [1.29, 1.82) is 0 Å². The van der Waals surface area contributed by atoms with E-state index in [0.29, 0.717) is 17.9 Å². The van der Waals surface area contributed by atoms with Crippen LogP contribution in [0.5, 0.6) is 17.2 Å². The fraction of sp³-hybridized carbons (Fsp3) is 0.294. The normalized spacial score (nSPS) is 10.7. The lowest BCUT2D eigenvalue weighted by Crippen LogP contribution is -2.15. The van der Waals surface area contributed by atoms with E-state index in [9.17, 15) is 18.9 Å². The first-order valence-corrected chi connectivity index (χ1v) is 7.59. The summed E-state index contributed by atoms with van der Waals surface area (Å²) < 4.78 is 40.0. The number of rotatable bonds is 9. The number of nitro groups is 1. The van der Waals surface area contributed by atoms with Crippen molar-refractivity contribution < 1.29 is 27.9 Å². The molecule has 0 radical (unpaired) electrons. The first-order chi connectivity index (χ1) is 12.5. The summed E-state index contributed by atoms with van der Waals surface area (Å²) in [4.78, 5) is 10.3. The number of hydrogen-bond donors (Lipinski definition) is 1. The Balaban J connectivity index is 2.20. The minimum Gasteiger partial charge on any atom is -0.497 e. The van der Waals surface area contributed by atoms with Crippen molar-refractivity contribution in [3.05, 3.63) is 57.6 Å². The number of alkyl halides is 2. The zero-order chi connectivity index (χ0) is 19.1. The van der Waals surface area contributed by atoms with E-state index in [2.05, 4.69) is 10.1 Å². The Bertz CT molecular complexity index is 771. The molecule has 0 aliphatic carbocycles. The summed E-state index contributed by atoms with van der Waals surface area (Å²) >= 11 is 0. The molecule has 0 fully saturated rings. The number of nitrogens with zero attached hydrogens (tertiary/aromatic N) is 1. The minimum atomic E-state index is -3.14. The summed E-state index contributed by atoms with van der Waals surface area (Å²) in [6.07, 6.45) is 0. The Hall–Kier alpha value is -2.94. The Morgan fingerprint density at radius 2 is 1.88 bits per heavy atom. The first-order valence-electron chi connectivity index (χ1n) is 7.59. The molecule has 0 unspecified atom stereocenters. The molecule has 26 heavy (non-hydrogen) atoms. The zero-order valence-electron chi connectivity index (χ0n) is 14.2. The smallest absolute Gasteiger partial charge is 0.387 e. The number of benzene rings is 2. The third kappa shape index (κ3) is 4.79. The second-order valence-electron chi connectivity index (χ2n) is 5.20. The van der Waals surface area contributed by atoms with Gasteiger partial charge in [-0.05, 0) is 23.8 Å². The van der Waals surface area contributed by atoms with Crippen molar-refractivity contribution >= 4 is 5.69 Å². The molecular formula is C17H18F2N2O5. The van der Waals surface area contributed by atoms with Gasteiger partial charge < -0.3 is 19.5 Å². The van der Waals surface area contributed by atoms with E-state index in [1.165, 1.54) is 12.1 Å². The maximum absolute atomic E-state index is 12.7. The molecule has 2 aromatic carbocycles. The van der Waals surface area contributed by atoms with Crippen molar-refractivity contribution in [2.45, 2.75) is 19.7 Å². The van der Waals surface area contributed by atoms with Crippen LogP contribution in [0.3, 0.4) is 0 Å². The number of methoxy groups -OCH3 is 2. The highest BCUT2D eigenvalue weighted by molar-refractivity contribution is 5.59. The molecule has 0 spiro atoms. The highest BCUT2D eigenvalue weighted by atomic mass is 19.3. The maximum Gasteiger partial charge on any atom is 0.387 e. The van der Waals surface area contributed by atoms with Gasteiger partial charge in [0.1, 0.15) is 5.75 Å². The molecule has 0 aromatic heterocycles. The third-order valence-electron chi connectivity index (χ3n) is 3.56. The largest absolute Gasteiger partial charge is 0.497 e. The second kappa shape index (κ2) is 8.95. The monoisotopic (exact) mass is 368 g/mol. The van der Waals surface area contributed by atoms with Gasteiger partial charge in [0.2, 0.25) is 5.75 Å². The fourth-order valence-corrected chi connectivity index (χ4v) is 2.42. The van der Waals surface area contributed by atoms with E-state index in [-0.39, 0.29) is 18.0 Å². The molecule has 9 heteroatoms. The summed E-state index contributed by atoms with van der Waals surface area (Å²) in [5.41, 5.74) is 0.796. The predicted octanol–water partition coefficient (Wildman–Crippen LogP) is 3.50. The van der Waals surface area contributed by atoms with Crippen molar-refractivity contribution in [1.82, 2.24) is 5.32 Å². The van der Waals surface area contributed by atoms with Crippen LogP contribution < -0.4 is 19.5 Å². The third-order valence-corrected chi connectivity index (χ3v) is 3.56. The van der Waals surface area contributed by atoms with Crippen LogP contribution in [0, 0.1) is 10.1 Å². The molecule has 0 atom stereocenters. The van der Waals surface area contributed by atoms with Gasteiger partial charge in [0.05, 0.1) is 19.1 Å². The van der Waals surface area contributed by atoms with Gasteiger partial charge >= 0.3 is 12.3 Å². The summed E-state index contributed by atoms with van der Waals surface area (Å²) in [6.45, 7) is -2.55. The molecular weight excluding hydrogens is 350 g/mol. The van der Waals surface area contributed by atoms with Gasteiger partial charge in [-0.25, -0.2) is 0 Å². The van der Waals surface area contributed by atoms with Gasteiger partial charge in [-0.2, -0.15) is 8.78 Å². The molecule has 7 nitrogen and oxygen atoms in total. The van der Waals surface area contributed by atoms with E-state index < -0.39 is 17.2 Å². The minimum absolute atomic E-state index is 0.146. The Labute approximate surface area is 148 Å². The van der Waals surface area contributed by atoms with Crippen LogP contribution >= 0.6 is 0 Å². The lowest BCUT2D eigenvalue weighted by molar-refractivity contribution is -0.385. The molecule has 0 saturated heterocycles. The van der Waals surface area contributed by atoms with Gasteiger partial charge in [-0.1, -0.05) is 12.1 Å². The van der Waals surface area contributed by atoms with Crippen LogP contribution in [0.4, 0.5) is 14.5 Å². The lowest BCUT2D eigenvalue weighted by atomic mass is 10.1. The molecule has 140 valence electrons. The average molecular weight is 368 g/mol. The predicted molar refractivity (Wildman–Crippen MR) is 89.8 cm³/mol. The number of nitrogens with one attached hydrogen (secondary N) is 1. The highest BCUT2D eigenvalue weighted by Gasteiger charge is 2.25. The van der Waals surface area contributed by atoms with Gasteiger partial charge in [0.25, 0.3) is 0 Å². The summed E-state index contributed by atoms with van der Waals surface area (Å²) in [5.74, 6) is 0.00819. The van der Waals surface area contributed by atoms with Crippen molar-refractivity contribution in [3.8, 4) is 17.2 Å². The fourth-order valence-electron chi connectivity index (χ4n) is 2.42. The number of nitro benzene ring substituents is 1. The molecule has 2 aromatic rings. The maximum atomic E-state index is 12.7. The molecule has 0 saturated carbocycles. The Morgan fingerprint density at radius 1 is 1.12 bits per heavy atom. The topological polar surface area (TPSA) is 82.9 Å². The molecule has 1 N–H and O–H groups in total. The van der Waals surface area contributed by atoms with Crippen LogP contribution in [0.15, 0.2) is 36.4 Å². The average Bonchev–Trinajstić information content (AvgIpc) is 2.62. The Kier molecular flexibility index (Phi) is 6.67. The molecule has 0 heterocycles. The zero-order valence-corrected chi connectivity index (χ0v) is 14.2. The molecule has 0 amide bonds. The highest BCUT2D eigenvalue weighted by Crippen LogP contribution is 2.40. The SMILES string of the molecule is COc1cccc(CNCc2ccc([N+](=O)[O-])c(OC)c2OC(F)F)c1. The van der Waals surface area contributed by atoms with Crippen LogP contribution in [-0.4, -0.2) is 25.8 Å². The van der Waals surface area contributed by atoms with E-state index in [0.717, 1.165) is 12.7 Å². The molecule has 0 aliphatic heterocycles. The number of halogens is 2. The van der Waals surface area contributed by atoms with Crippen molar-refractivity contribution in [2.24, 2.45) is 0 Å². The van der Waals surface area contributed by atoms with E-state index >= 15 is 0 Å². The summed E-state index contributed by atoms with van der Waals surface area (Å²) in [6, 6.07) is 9.90. The number of hydrogen-bond acceptors (Lipinski definition) is 6. The standard InChI is InChI=1S/C17H18F2N2O5/c1-24-13-5-3-4-11(8-13)9-20-10-12-6-7-14(21(22)23)16(25-2)15(12)26-17(18)19/h3-8,17,20H,9-10H2,1-2H3. The van der Waals surface area contributed by atoms with Gasteiger partial charge in [0, 0.05) is 24.7 Å². The molecule has 0 bridgehead atoms. The van der Waals surface area contributed by atoms with E-state index in [4.69, 9.17) is 9.47 Å². The Morgan fingerprint density at radius 3 is 2.50 bits per heavy atom.